The molecular weight excluding hydrogens is 317 g/mol. The van der Waals surface area contributed by atoms with Crippen molar-refractivity contribution >= 4 is 39.9 Å². The lowest BCUT2D eigenvalue weighted by Crippen LogP contribution is -2.00. The summed E-state index contributed by atoms with van der Waals surface area (Å²) in [5, 5.41) is 0.618. The van der Waals surface area contributed by atoms with Gasteiger partial charge in [0.05, 0.1) is 11.2 Å². The van der Waals surface area contributed by atoms with Crippen LogP contribution in [-0.2, 0) is 12.8 Å². The highest BCUT2D eigenvalue weighted by atomic mass is 35.5. The molecule has 2 aromatic carbocycles. The zero-order valence-electron chi connectivity index (χ0n) is 12.3. The van der Waals surface area contributed by atoms with E-state index in [1.165, 1.54) is 5.56 Å². The number of anilines is 1. The number of fused-ring (bicyclic) bond motifs is 1. The molecule has 0 unspecified atom stereocenters. The first kappa shape index (κ1) is 15.2. The van der Waals surface area contributed by atoms with Crippen LogP contribution in [0.4, 0.5) is 5.69 Å². The average molecular weight is 334 g/mol. The van der Waals surface area contributed by atoms with Crippen LogP contribution in [0.3, 0.4) is 0 Å². The molecular formula is C17H17Cl2N3. The van der Waals surface area contributed by atoms with E-state index < -0.39 is 0 Å². The first-order valence-electron chi connectivity index (χ1n) is 7.25. The Morgan fingerprint density at radius 2 is 1.91 bits per heavy atom. The molecule has 3 aromatic rings. The summed E-state index contributed by atoms with van der Waals surface area (Å²) in [4.78, 5) is 4.67. The largest absolute Gasteiger partial charge is 0.397 e. The topological polar surface area (TPSA) is 43.8 Å². The summed E-state index contributed by atoms with van der Waals surface area (Å²) in [5.74, 6) is 1.59. The average Bonchev–Trinajstić information content (AvgIpc) is 2.87. The quantitative estimate of drug-likeness (QED) is 0.559. The van der Waals surface area contributed by atoms with Gasteiger partial charge in [0.2, 0.25) is 0 Å². The van der Waals surface area contributed by atoms with Crippen LogP contribution in [0.25, 0.3) is 16.7 Å². The summed E-state index contributed by atoms with van der Waals surface area (Å²) < 4.78 is 2.11. The monoisotopic (exact) mass is 333 g/mol. The van der Waals surface area contributed by atoms with Crippen LogP contribution >= 0.6 is 23.2 Å². The Morgan fingerprint density at radius 1 is 1.18 bits per heavy atom. The Bertz CT molecular complexity index is 807. The second kappa shape index (κ2) is 6.19. The zero-order chi connectivity index (χ0) is 15.7. The van der Waals surface area contributed by atoms with Gasteiger partial charge in [-0.1, -0.05) is 30.7 Å². The number of nitrogens with two attached hydrogens (primary N) is 1. The van der Waals surface area contributed by atoms with Gasteiger partial charge in [0, 0.05) is 23.0 Å². The molecule has 0 fully saturated rings. The predicted molar refractivity (Wildman–Crippen MR) is 94.3 cm³/mol. The molecule has 0 aliphatic heterocycles. The van der Waals surface area contributed by atoms with Gasteiger partial charge in [-0.15, -0.1) is 11.6 Å². The molecule has 0 saturated heterocycles. The second-order valence-corrected chi connectivity index (χ2v) is 6.00. The van der Waals surface area contributed by atoms with Crippen molar-refractivity contribution in [3.8, 4) is 5.69 Å². The SMILES string of the molecule is CCc1nc2c(N)cc(Cl)cc2n1-c1ccc(CCCl)cc1. The van der Waals surface area contributed by atoms with E-state index in [2.05, 4.69) is 40.7 Å². The van der Waals surface area contributed by atoms with Crippen molar-refractivity contribution in [1.29, 1.82) is 0 Å². The van der Waals surface area contributed by atoms with E-state index in [1.54, 1.807) is 6.07 Å². The van der Waals surface area contributed by atoms with E-state index >= 15 is 0 Å². The molecule has 0 spiro atoms. The van der Waals surface area contributed by atoms with Crippen LogP contribution in [0.1, 0.15) is 18.3 Å². The molecule has 0 aliphatic rings. The maximum atomic E-state index is 6.17. The minimum atomic E-state index is 0.606. The minimum absolute atomic E-state index is 0.606. The molecule has 0 aliphatic carbocycles. The van der Waals surface area contributed by atoms with Gasteiger partial charge in [-0.25, -0.2) is 4.98 Å². The number of nitrogen functional groups attached to an aromatic ring is 1. The van der Waals surface area contributed by atoms with Crippen LogP contribution < -0.4 is 5.73 Å². The Labute approximate surface area is 139 Å². The maximum absolute atomic E-state index is 6.17. The third-order valence-corrected chi connectivity index (χ3v) is 4.13. The van der Waals surface area contributed by atoms with Crippen molar-refractivity contribution in [3.05, 3.63) is 52.8 Å². The highest BCUT2D eigenvalue weighted by Gasteiger charge is 2.14. The summed E-state index contributed by atoms with van der Waals surface area (Å²) in [7, 11) is 0. The van der Waals surface area contributed by atoms with E-state index in [0.29, 0.717) is 16.6 Å². The van der Waals surface area contributed by atoms with E-state index in [4.69, 9.17) is 28.9 Å². The number of hydrogen-bond donors (Lipinski definition) is 1. The van der Waals surface area contributed by atoms with Crippen LogP contribution in [0.5, 0.6) is 0 Å². The van der Waals surface area contributed by atoms with Crippen LogP contribution in [-0.4, -0.2) is 15.4 Å². The summed E-state index contributed by atoms with van der Waals surface area (Å²) in [6.45, 7) is 2.08. The molecule has 0 saturated carbocycles. The molecule has 0 amide bonds. The van der Waals surface area contributed by atoms with Gasteiger partial charge in [0.25, 0.3) is 0 Å². The number of alkyl halides is 1. The Hall–Kier alpha value is -1.71. The molecule has 22 heavy (non-hydrogen) atoms. The fraction of sp³-hybridized carbons (Fsp3) is 0.235. The summed E-state index contributed by atoms with van der Waals surface area (Å²) in [6, 6.07) is 12.0. The first-order valence-corrected chi connectivity index (χ1v) is 8.17. The number of rotatable bonds is 4. The van der Waals surface area contributed by atoms with E-state index in [1.807, 2.05) is 6.07 Å². The molecule has 2 N–H and O–H groups in total. The fourth-order valence-corrected chi connectivity index (χ4v) is 3.10. The van der Waals surface area contributed by atoms with Gasteiger partial charge >= 0.3 is 0 Å². The summed E-state index contributed by atoms with van der Waals surface area (Å²) in [5.41, 5.74) is 10.7. The third-order valence-electron chi connectivity index (χ3n) is 3.72. The molecule has 114 valence electrons. The number of benzene rings is 2. The van der Waals surface area contributed by atoms with Crippen molar-refractivity contribution in [2.75, 3.05) is 11.6 Å². The Morgan fingerprint density at radius 3 is 2.55 bits per heavy atom. The number of imidazole rings is 1. The molecule has 1 aromatic heterocycles. The zero-order valence-corrected chi connectivity index (χ0v) is 13.8. The number of aromatic nitrogens is 2. The van der Waals surface area contributed by atoms with Crippen molar-refractivity contribution in [2.24, 2.45) is 0 Å². The number of hydrogen-bond acceptors (Lipinski definition) is 2. The molecule has 1 heterocycles. The lowest BCUT2D eigenvalue weighted by Gasteiger charge is -2.09. The lowest BCUT2D eigenvalue weighted by molar-refractivity contribution is 0.907. The van der Waals surface area contributed by atoms with Gasteiger partial charge < -0.3 is 5.73 Å². The van der Waals surface area contributed by atoms with Gasteiger partial charge in [-0.3, -0.25) is 4.57 Å². The molecule has 5 heteroatoms. The van der Waals surface area contributed by atoms with Gasteiger partial charge in [-0.05, 0) is 36.2 Å². The van der Waals surface area contributed by atoms with Crippen LogP contribution in [0.2, 0.25) is 5.02 Å². The van der Waals surface area contributed by atoms with E-state index in [-0.39, 0.29) is 0 Å². The van der Waals surface area contributed by atoms with Crippen molar-refractivity contribution < 1.29 is 0 Å². The van der Waals surface area contributed by atoms with Crippen molar-refractivity contribution in [2.45, 2.75) is 19.8 Å². The van der Waals surface area contributed by atoms with Crippen molar-refractivity contribution in [3.63, 3.8) is 0 Å². The van der Waals surface area contributed by atoms with Crippen LogP contribution in [0, 0.1) is 0 Å². The first-order chi connectivity index (χ1) is 10.6. The molecule has 3 rings (SSSR count). The van der Waals surface area contributed by atoms with Crippen LogP contribution in [0.15, 0.2) is 36.4 Å². The molecule has 0 atom stereocenters. The molecule has 0 bridgehead atoms. The number of nitrogens with zero attached hydrogens (tertiary/aromatic N) is 2. The molecule has 0 radical (unpaired) electrons. The maximum Gasteiger partial charge on any atom is 0.114 e. The second-order valence-electron chi connectivity index (χ2n) is 5.19. The Balaban J connectivity index is 2.20. The summed E-state index contributed by atoms with van der Waals surface area (Å²) in [6.07, 6.45) is 1.68. The highest BCUT2D eigenvalue weighted by Crippen LogP contribution is 2.29. The Kier molecular flexibility index (Phi) is 4.27. The van der Waals surface area contributed by atoms with E-state index in [9.17, 15) is 0 Å². The van der Waals surface area contributed by atoms with Gasteiger partial charge in [-0.2, -0.15) is 0 Å². The fourth-order valence-electron chi connectivity index (χ4n) is 2.66. The smallest absolute Gasteiger partial charge is 0.114 e. The molecule has 3 nitrogen and oxygen atoms in total. The van der Waals surface area contributed by atoms with E-state index in [0.717, 1.165) is 35.4 Å². The minimum Gasteiger partial charge on any atom is -0.397 e. The third kappa shape index (κ3) is 2.67. The lowest BCUT2D eigenvalue weighted by atomic mass is 10.1. The highest BCUT2D eigenvalue weighted by molar-refractivity contribution is 6.31. The van der Waals surface area contributed by atoms with Crippen molar-refractivity contribution in [1.82, 2.24) is 9.55 Å². The normalized spacial score (nSPS) is 11.2. The number of aryl methyl sites for hydroxylation is 2. The summed E-state index contributed by atoms with van der Waals surface area (Å²) >= 11 is 12.0. The standard InChI is InChI=1S/C17H17Cl2N3/c1-2-16-21-17-14(20)9-12(19)10-15(17)22(16)13-5-3-11(4-6-13)7-8-18/h3-6,9-10H,2,7-8,20H2,1H3. The van der Waals surface area contributed by atoms with Gasteiger partial charge in [0.1, 0.15) is 11.3 Å². The number of halogens is 2. The predicted octanol–water partition coefficient (Wildman–Crippen LogP) is 4.60. The van der Waals surface area contributed by atoms with Gasteiger partial charge in [0.15, 0.2) is 0 Å².